The van der Waals surface area contributed by atoms with Crippen molar-refractivity contribution in [1.29, 1.82) is 0 Å². The van der Waals surface area contributed by atoms with Crippen molar-refractivity contribution < 1.29 is 4.79 Å². The van der Waals surface area contributed by atoms with Crippen molar-refractivity contribution in [1.82, 2.24) is 9.55 Å². The third kappa shape index (κ3) is 2.93. The molecule has 5 heteroatoms. The van der Waals surface area contributed by atoms with Crippen LogP contribution in [0.5, 0.6) is 0 Å². The topological polar surface area (TPSA) is 46.9 Å². The summed E-state index contributed by atoms with van der Waals surface area (Å²) in [6, 6.07) is 6.39. The first-order chi connectivity index (χ1) is 10.1. The lowest BCUT2D eigenvalue weighted by Crippen LogP contribution is -2.13. The van der Waals surface area contributed by atoms with E-state index in [1.165, 1.54) is 0 Å². The highest BCUT2D eigenvalue weighted by Gasteiger charge is 2.29. The summed E-state index contributed by atoms with van der Waals surface area (Å²) in [5.74, 6) is 1.36. The van der Waals surface area contributed by atoms with Gasteiger partial charge in [0.05, 0.1) is 11.0 Å². The zero-order valence-corrected chi connectivity index (χ0v) is 13.5. The largest absolute Gasteiger partial charge is 0.326 e. The summed E-state index contributed by atoms with van der Waals surface area (Å²) in [6.45, 7) is 6.48. The number of anilines is 1. The average Bonchev–Trinajstić information content (AvgIpc) is 3.21. The Kier molecular flexibility index (Phi) is 3.93. The van der Waals surface area contributed by atoms with Gasteiger partial charge in [0.2, 0.25) is 5.91 Å². The molecule has 0 bridgehead atoms. The van der Waals surface area contributed by atoms with Crippen LogP contribution in [0.1, 0.15) is 39.7 Å². The fraction of sp³-hybridized carbons (Fsp3) is 0.500. The van der Waals surface area contributed by atoms with E-state index in [1.54, 1.807) is 11.8 Å². The van der Waals surface area contributed by atoms with Gasteiger partial charge in [-0.25, -0.2) is 4.98 Å². The van der Waals surface area contributed by atoms with E-state index >= 15 is 0 Å². The fourth-order valence-corrected chi connectivity index (χ4v) is 3.34. The van der Waals surface area contributed by atoms with Crippen LogP contribution >= 0.6 is 11.8 Å². The number of benzene rings is 1. The molecule has 1 aromatic carbocycles. The number of rotatable bonds is 5. The van der Waals surface area contributed by atoms with E-state index in [0.717, 1.165) is 40.5 Å². The standard InChI is InChI=1S/C16H21N3OS/c1-4-21-16-18-13-9-12(17-15(20)11-5-6-11)7-8-14(13)19(16)10(2)3/h7-11H,4-6H2,1-3H3,(H,17,20). The van der Waals surface area contributed by atoms with Crippen LogP contribution in [-0.4, -0.2) is 21.2 Å². The van der Waals surface area contributed by atoms with Crippen molar-refractivity contribution in [2.45, 2.75) is 44.8 Å². The maximum absolute atomic E-state index is 11.9. The van der Waals surface area contributed by atoms with Crippen LogP contribution in [-0.2, 0) is 4.79 Å². The van der Waals surface area contributed by atoms with Crippen molar-refractivity contribution in [2.75, 3.05) is 11.1 Å². The summed E-state index contributed by atoms with van der Waals surface area (Å²) in [6.07, 6.45) is 2.04. The lowest BCUT2D eigenvalue weighted by atomic mass is 10.2. The van der Waals surface area contributed by atoms with E-state index in [2.05, 4.69) is 36.7 Å². The third-order valence-corrected chi connectivity index (χ3v) is 4.50. The molecule has 1 N–H and O–H groups in total. The maximum Gasteiger partial charge on any atom is 0.227 e. The van der Waals surface area contributed by atoms with Gasteiger partial charge < -0.3 is 9.88 Å². The number of imidazole rings is 1. The van der Waals surface area contributed by atoms with E-state index in [4.69, 9.17) is 4.98 Å². The smallest absolute Gasteiger partial charge is 0.227 e. The molecule has 0 atom stereocenters. The van der Waals surface area contributed by atoms with Crippen molar-refractivity contribution in [3.05, 3.63) is 18.2 Å². The summed E-state index contributed by atoms with van der Waals surface area (Å²) >= 11 is 1.76. The first-order valence-electron chi connectivity index (χ1n) is 7.55. The van der Waals surface area contributed by atoms with Crippen molar-refractivity contribution in [3.63, 3.8) is 0 Å². The molecule has 1 saturated carbocycles. The van der Waals surface area contributed by atoms with Crippen molar-refractivity contribution in [2.24, 2.45) is 5.92 Å². The van der Waals surface area contributed by atoms with Crippen LogP contribution in [0.25, 0.3) is 11.0 Å². The molecule has 1 fully saturated rings. The summed E-state index contributed by atoms with van der Waals surface area (Å²) < 4.78 is 2.26. The van der Waals surface area contributed by atoms with Gasteiger partial charge in [-0.3, -0.25) is 4.79 Å². The molecule has 1 aromatic heterocycles. The lowest BCUT2D eigenvalue weighted by molar-refractivity contribution is -0.117. The molecule has 0 radical (unpaired) electrons. The number of fused-ring (bicyclic) bond motifs is 1. The second kappa shape index (κ2) is 5.72. The van der Waals surface area contributed by atoms with Gasteiger partial charge in [-0.15, -0.1) is 0 Å². The van der Waals surface area contributed by atoms with E-state index in [9.17, 15) is 4.79 Å². The molecule has 4 nitrogen and oxygen atoms in total. The number of carbonyl (C=O) groups is 1. The van der Waals surface area contributed by atoms with Crippen LogP contribution in [0.15, 0.2) is 23.4 Å². The quantitative estimate of drug-likeness (QED) is 0.847. The summed E-state index contributed by atoms with van der Waals surface area (Å²) in [7, 11) is 0. The Morgan fingerprint density at radius 1 is 1.48 bits per heavy atom. The van der Waals surface area contributed by atoms with Gasteiger partial charge in [0.15, 0.2) is 5.16 Å². The summed E-state index contributed by atoms with van der Waals surface area (Å²) in [5.41, 5.74) is 2.93. The van der Waals surface area contributed by atoms with Gasteiger partial charge in [0.1, 0.15) is 0 Å². The number of amides is 1. The molecule has 1 heterocycles. The Bertz CT molecular complexity index is 673. The minimum atomic E-state index is 0.140. The van der Waals surface area contributed by atoms with Gasteiger partial charge in [-0.2, -0.15) is 0 Å². The van der Waals surface area contributed by atoms with E-state index in [-0.39, 0.29) is 11.8 Å². The van der Waals surface area contributed by atoms with Gasteiger partial charge >= 0.3 is 0 Å². The zero-order chi connectivity index (χ0) is 15.0. The molecular formula is C16H21N3OS. The van der Waals surface area contributed by atoms with Crippen LogP contribution in [0.3, 0.4) is 0 Å². The SMILES string of the molecule is CCSc1nc2cc(NC(=O)C3CC3)ccc2n1C(C)C. The molecule has 1 aliphatic rings. The minimum absolute atomic E-state index is 0.140. The molecule has 1 aliphatic carbocycles. The normalized spacial score (nSPS) is 14.9. The van der Waals surface area contributed by atoms with E-state index < -0.39 is 0 Å². The third-order valence-electron chi connectivity index (χ3n) is 3.66. The number of hydrogen-bond donors (Lipinski definition) is 1. The lowest BCUT2D eigenvalue weighted by Gasteiger charge is -2.12. The molecule has 1 amide bonds. The summed E-state index contributed by atoms with van der Waals surface area (Å²) in [4.78, 5) is 16.6. The molecule has 0 aliphatic heterocycles. The molecule has 0 unspecified atom stereocenters. The fourth-order valence-electron chi connectivity index (χ4n) is 2.47. The Balaban J connectivity index is 1.95. The van der Waals surface area contributed by atoms with Crippen LogP contribution < -0.4 is 5.32 Å². The van der Waals surface area contributed by atoms with Gasteiger partial charge in [0, 0.05) is 17.6 Å². The number of aromatic nitrogens is 2. The molecular weight excluding hydrogens is 282 g/mol. The second-order valence-electron chi connectivity index (χ2n) is 5.76. The van der Waals surface area contributed by atoms with E-state index in [1.807, 2.05) is 12.1 Å². The highest BCUT2D eigenvalue weighted by Crippen LogP contribution is 2.32. The minimum Gasteiger partial charge on any atom is -0.326 e. The van der Waals surface area contributed by atoms with Crippen LogP contribution in [0, 0.1) is 5.92 Å². The second-order valence-corrected chi connectivity index (χ2v) is 6.99. The molecule has 112 valence electrons. The monoisotopic (exact) mass is 303 g/mol. The highest BCUT2D eigenvalue weighted by atomic mass is 32.2. The first-order valence-corrected chi connectivity index (χ1v) is 8.54. The number of nitrogens with one attached hydrogen (secondary N) is 1. The number of hydrogen-bond acceptors (Lipinski definition) is 3. The molecule has 0 saturated heterocycles. The zero-order valence-electron chi connectivity index (χ0n) is 12.7. The van der Waals surface area contributed by atoms with Crippen molar-refractivity contribution in [3.8, 4) is 0 Å². The highest BCUT2D eigenvalue weighted by molar-refractivity contribution is 7.99. The Hall–Kier alpha value is -1.49. The van der Waals surface area contributed by atoms with E-state index in [0.29, 0.717) is 6.04 Å². The van der Waals surface area contributed by atoms with Gasteiger partial charge in [-0.1, -0.05) is 18.7 Å². The number of thioether (sulfide) groups is 1. The number of nitrogens with zero attached hydrogens (tertiary/aromatic N) is 2. The van der Waals surface area contributed by atoms with Crippen LogP contribution in [0.4, 0.5) is 5.69 Å². The van der Waals surface area contributed by atoms with Crippen molar-refractivity contribution >= 4 is 34.4 Å². The van der Waals surface area contributed by atoms with Gasteiger partial charge in [0.25, 0.3) is 0 Å². The van der Waals surface area contributed by atoms with Gasteiger partial charge in [-0.05, 0) is 50.6 Å². The Labute approximate surface area is 129 Å². The molecule has 0 spiro atoms. The molecule has 2 aromatic rings. The summed E-state index contributed by atoms with van der Waals surface area (Å²) in [5, 5.41) is 4.04. The Morgan fingerprint density at radius 3 is 2.86 bits per heavy atom. The molecule has 21 heavy (non-hydrogen) atoms. The van der Waals surface area contributed by atoms with Crippen LogP contribution in [0.2, 0.25) is 0 Å². The average molecular weight is 303 g/mol. The predicted octanol–water partition coefficient (Wildman–Crippen LogP) is 4.08. The predicted molar refractivity (Wildman–Crippen MR) is 87.9 cm³/mol. The number of carbonyl (C=O) groups excluding carboxylic acids is 1. The maximum atomic E-state index is 11.9. The molecule has 3 rings (SSSR count). The Morgan fingerprint density at radius 2 is 2.24 bits per heavy atom. The first kappa shape index (κ1) is 14.4.